The lowest BCUT2D eigenvalue weighted by molar-refractivity contribution is -0.116. The molecule has 170 valence electrons. The van der Waals surface area contributed by atoms with E-state index in [0.717, 1.165) is 5.56 Å². The number of fused-ring (bicyclic) bond motifs is 1. The van der Waals surface area contributed by atoms with Crippen molar-refractivity contribution in [1.29, 1.82) is 0 Å². The molecule has 0 unspecified atom stereocenters. The fourth-order valence-corrected chi connectivity index (χ4v) is 4.14. The molecule has 0 N–H and O–H groups in total. The fourth-order valence-electron chi connectivity index (χ4n) is 4.14. The number of aryl methyl sites for hydroxylation is 1. The van der Waals surface area contributed by atoms with E-state index in [2.05, 4.69) is 9.97 Å². The van der Waals surface area contributed by atoms with Crippen LogP contribution in [0.5, 0.6) is 0 Å². The van der Waals surface area contributed by atoms with E-state index in [-0.39, 0.29) is 11.5 Å². The van der Waals surface area contributed by atoms with E-state index < -0.39 is 11.8 Å². The number of oxazole rings is 1. The van der Waals surface area contributed by atoms with Crippen LogP contribution < -0.4 is 10.0 Å². The third-order valence-corrected chi connectivity index (χ3v) is 5.80. The maximum atomic E-state index is 13.5. The Kier molecular flexibility index (Phi) is 4.77. The predicted molar refractivity (Wildman–Crippen MR) is 132 cm³/mol. The van der Waals surface area contributed by atoms with Crippen LogP contribution in [0.4, 0.5) is 11.4 Å². The standard InChI is InChI=1S/C27H19N5O3/c1-30-23(18-11-5-2-6-12-18)29-25-24(30)28-22(35-25)17-21-26(33)31(19-13-7-3-8-14-19)32(27(21)34)20-15-9-4-10-16-20/h2-17H,1H3. The summed E-state index contributed by atoms with van der Waals surface area (Å²) in [6.45, 7) is 0. The van der Waals surface area contributed by atoms with Crippen molar-refractivity contribution in [2.75, 3.05) is 10.0 Å². The van der Waals surface area contributed by atoms with Gasteiger partial charge in [0.2, 0.25) is 11.5 Å². The molecule has 0 saturated carbocycles. The Balaban J connectivity index is 1.42. The van der Waals surface area contributed by atoms with Gasteiger partial charge in [-0.05, 0) is 24.3 Å². The lowest BCUT2D eigenvalue weighted by Gasteiger charge is -2.27. The summed E-state index contributed by atoms with van der Waals surface area (Å²) < 4.78 is 7.65. The van der Waals surface area contributed by atoms with Crippen LogP contribution in [0.15, 0.2) is 101 Å². The van der Waals surface area contributed by atoms with E-state index in [1.54, 1.807) is 24.3 Å². The molecule has 1 aliphatic rings. The number of hydrogen-bond acceptors (Lipinski definition) is 5. The Morgan fingerprint density at radius 1 is 0.714 bits per heavy atom. The number of amides is 2. The Hall–Kier alpha value is -4.98. The molecule has 1 aliphatic heterocycles. The number of aromatic nitrogens is 3. The molecule has 6 rings (SSSR count). The monoisotopic (exact) mass is 461 g/mol. The van der Waals surface area contributed by atoms with Crippen LogP contribution in [0.3, 0.4) is 0 Å². The number of carbonyl (C=O) groups is 2. The second kappa shape index (κ2) is 8.11. The number of hydrazine groups is 1. The first kappa shape index (κ1) is 20.6. The van der Waals surface area contributed by atoms with E-state index in [1.165, 1.54) is 16.1 Å². The molecule has 2 aromatic heterocycles. The lowest BCUT2D eigenvalue weighted by atomic mass is 10.2. The van der Waals surface area contributed by atoms with Crippen molar-refractivity contribution in [2.45, 2.75) is 0 Å². The van der Waals surface area contributed by atoms with Crippen LogP contribution in [0.1, 0.15) is 5.89 Å². The summed E-state index contributed by atoms with van der Waals surface area (Å²) in [4.78, 5) is 36.0. The summed E-state index contributed by atoms with van der Waals surface area (Å²) in [7, 11) is 1.84. The molecule has 8 nitrogen and oxygen atoms in total. The minimum atomic E-state index is -0.467. The molecule has 0 bridgehead atoms. The van der Waals surface area contributed by atoms with E-state index in [0.29, 0.717) is 28.6 Å². The Bertz CT molecular complexity index is 1530. The summed E-state index contributed by atoms with van der Waals surface area (Å²) in [5.74, 6) is -0.0857. The number of nitrogens with zero attached hydrogens (tertiary/aromatic N) is 5. The summed E-state index contributed by atoms with van der Waals surface area (Å²) in [6.07, 6.45) is 1.38. The van der Waals surface area contributed by atoms with Crippen LogP contribution in [0.25, 0.3) is 28.8 Å². The van der Waals surface area contributed by atoms with Crippen LogP contribution in [0, 0.1) is 0 Å². The molecular weight excluding hydrogens is 442 g/mol. The van der Waals surface area contributed by atoms with Gasteiger partial charge in [-0.15, -0.1) is 0 Å². The van der Waals surface area contributed by atoms with Gasteiger partial charge in [0.05, 0.1) is 11.4 Å². The smallest absolute Gasteiger partial charge is 0.283 e. The van der Waals surface area contributed by atoms with Crippen molar-refractivity contribution < 1.29 is 14.0 Å². The molecule has 35 heavy (non-hydrogen) atoms. The van der Waals surface area contributed by atoms with Gasteiger partial charge in [-0.1, -0.05) is 66.7 Å². The van der Waals surface area contributed by atoms with Crippen molar-refractivity contribution >= 4 is 40.6 Å². The highest BCUT2D eigenvalue weighted by Gasteiger charge is 2.43. The summed E-state index contributed by atoms with van der Waals surface area (Å²) >= 11 is 0. The molecule has 1 saturated heterocycles. The van der Waals surface area contributed by atoms with Crippen LogP contribution >= 0.6 is 0 Å². The maximum Gasteiger partial charge on any atom is 0.283 e. The summed E-state index contributed by atoms with van der Waals surface area (Å²) in [5.41, 5.74) is 2.88. The maximum absolute atomic E-state index is 13.5. The minimum Gasteiger partial charge on any atom is -0.417 e. The highest BCUT2D eigenvalue weighted by molar-refractivity contribution is 6.37. The van der Waals surface area contributed by atoms with E-state index in [1.807, 2.05) is 78.3 Å². The van der Waals surface area contributed by atoms with E-state index >= 15 is 0 Å². The minimum absolute atomic E-state index is 0.0486. The second-order valence-corrected chi connectivity index (χ2v) is 8.00. The van der Waals surface area contributed by atoms with Crippen LogP contribution in [-0.4, -0.2) is 26.3 Å². The Morgan fingerprint density at radius 2 is 1.23 bits per heavy atom. The van der Waals surface area contributed by atoms with Crippen LogP contribution in [0.2, 0.25) is 0 Å². The molecule has 3 heterocycles. The molecule has 5 aromatic rings. The van der Waals surface area contributed by atoms with Gasteiger partial charge in [-0.2, -0.15) is 9.97 Å². The first-order chi connectivity index (χ1) is 17.1. The zero-order chi connectivity index (χ0) is 23.9. The molecule has 8 heteroatoms. The molecular formula is C27H19N5O3. The largest absolute Gasteiger partial charge is 0.417 e. The number of carbonyl (C=O) groups excluding carboxylic acids is 2. The third kappa shape index (κ3) is 3.39. The number of hydrogen-bond donors (Lipinski definition) is 0. The van der Waals surface area contributed by atoms with Gasteiger partial charge in [-0.25, -0.2) is 10.0 Å². The van der Waals surface area contributed by atoms with Crippen molar-refractivity contribution in [3.05, 3.63) is 102 Å². The first-order valence-corrected chi connectivity index (χ1v) is 11.0. The van der Waals surface area contributed by atoms with Gasteiger partial charge in [0.25, 0.3) is 17.5 Å². The number of imidazole rings is 1. The highest BCUT2D eigenvalue weighted by Crippen LogP contribution is 2.33. The molecule has 0 radical (unpaired) electrons. The normalized spacial score (nSPS) is 13.8. The molecule has 0 spiro atoms. The topological polar surface area (TPSA) is 84.5 Å². The third-order valence-electron chi connectivity index (χ3n) is 5.80. The Labute approximate surface area is 200 Å². The fraction of sp³-hybridized carbons (Fsp3) is 0.0370. The average Bonchev–Trinajstić information content (AvgIpc) is 3.52. The number of benzene rings is 3. The van der Waals surface area contributed by atoms with E-state index in [4.69, 9.17) is 4.42 Å². The molecule has 3 aromatic carbocycles. The van der Waals surface area contributed by atoms with Gasteiger partial charge >= 0.3 is 0 Å². The number of rotatable bonds is 4. The molecule has 0 aliphatic carbocycles. The highest BCUT2D eigenvalue weighted by atomic mass is 16.4. The zero-order valence-electron chi connectivity index (χ0n) is 18.7. The SMILES string of the molecule is Cn1c(-c2ccccc2)nc2oc(C=C3C(=O)N(c4ccccc4)N(c4ccccc4)C3=O)nc21. The zero-order valence-corrected chi connectivity index (χ0v) is 18.7. The summed E-state index contributed by atoms with van der Waals surface area (Å²) in [5, 5.41) is 2.72. The lowest BCUT2D eigenvalue weighted by Crippen LogP contribution is -2.41. The molecule has 2 amide bonds. The van der Waals surface area contributed by atoms with Crippen molar-refractivity contribution in [3.63, 3.8) is 0 Å². The average molecular weight is 461 g/mol. The van der Waals surface area contributed by atoms with Crippen molar-refractivity contribution in [1.82, 2.24) is 14.5 Å². The second-order valence-electron chi connectivity index (χ2n) is 8.00. The van der Waals surface area contributed by atoms with Gasteiger partial charge < -0.3 is 8.98 Å². The number of para-hydroxylation sites is 2. The van der Waals surface area contributed by atoms with Gasteiger partial charge in [0.15, 0.2) is 0 Å². The number of anilines is 2. The molecule has 0 atom stereocenters. The first-order valence-electron chi connectivity index (χ1n) is 11.0. The molecule has 1 fully saturated rings. The summed E-state index contributed by atoms with van der Waals surface area (Å²) in [6, 6.07) is 27.8. The van der Waals surface area contributed by atoms with E-state index in [9.17, 15) is 9.59 Å². The van der Waals surface area contributed by atoms with Crippen molar-refractivity contribution in [2.24, 2.45) is 7.05 Å². The van der Waals surface area contributed by atoms with Gasteiger partial charge in [0, 0.05) is 18.7 Å². The quantitative estimate of drug-likeness (QED) is 0.288. The van der Waals surface area contributed by atoms with Crippen molar-refractivity contribution in [3.8, 4) is 11.4 Å². The van der Waals surface area contributed by atoms with Crippen LogP contribution in [-0.2, 0) is 16.6 Å². The predicted octanol–water partition coefficient (Wildman–Crippen LogP) is 4.61. The Morgan fingerprint density at radius 3 is 1.74 bits per heavy atom. The van der Waals surface area contributed by atoms with Gasteiger partial charge in [-0.3, -0.25) is 9.59 Å². The van der Waals surface area contributed by atoms with Gasteiger partial charge in [0.1, 0.15) is 11.4 Å².